The van der Waals surface area contributed by atoms with Gasteiger partial charge in [0.1, 0.15) is 0 Å². The zero-order chi connectivity index (χ0) is 7.40. The van der Waals surface area contributed by atoms with Gasteiger partial charge in [0.2, 0.25) is 5.91 Å². The molecule has 1 atom stereocenters. The van der Waals surface area contributed by atoms with Crippen molar-refractivity contribution in [2.45, 2.75) is 20.3 Å². The Hall–Kier alpha value is -0.570. The van der Waals surface area contributed by atoms with Crippen LogP contribution in [-0.2, 0) is 4.79 Å². The number of hydrogen-bond acceptors (Lipinski definition) is 2. The fourth-order valence-corrected chi connectivity index (χ4v) is 1.28. The van der Waals surface area contributed by atoms with Crippen LogP contribution in [-0.4, -0.2) is 26.0 Å². The molecule has 0 aromatic carbocycles. The smallest absolute Gasteiger partial charge is 0.224 e. The van der Waals surface area contributed by atoms with Crippen LogP contribution in [0.5, 0.6) is 0 Å². The van der Waals surface area contributed by atoms with Gasteiger partial charge in [-0.2, -0.15) is 0 Å². The number of carbonyl (C=O) groups is 1. The van der Waals surface area contributed by atoms with Gasteiger partial charge in [-0.25, -0.2) is 0 Å². The minimum Gasteiger partial charge on any atom is -0.359 e. The highest BCUT2D eigenvalue weighted by Crippen LogP contribution is 2.08. The van der Waals surface area contributed by atoms with Crippen molar-refractivity contribution < 1.29 is 4.79 Å². The van der Waals surface area contributed by atoms with E-state index in [0.29, 0.717) is 0 Å². The first-order valence-corrected chi connectivity index (χ1v) is 3.77. The second-order valence-electron chi connectivity index (χ2n) is 2.66. The molecule has 0 saturated carbocycles. The summed E-state index contributed by atoms with van der Waals surface area (Å²) in [5, 5.41) is 5.84. The normalized spacial score (nSPS) is 23.5. The summed E-state index contributed by atoms with van der Waals surface area (Å²) < 4.78 is 0. The molecule has 3 nitrogen and oxygen atoms in total. The summed E-state index contributed by atoms with van der Waals surface area (Å²) in [6, 6.07) is 0. The van der Waals surface area contributed by atoms with E-state index in [4.69, 9.17) is 0 Å². The van der Waals surface area contributed by atoms with Gasteiger partial charge in [-0.15, -0.1) is 0 Å². The molecule has 1 heterocycles. The molecule has 0 aromatic rings. The average Bonchev–Trinajstić information content (AvgIpc) is 2.05. The van der Waals surface area contributed by atoms with Crippen molar-refractivity contribution in [2.24, 2.45) is 5.92 Å². The lowest BCUT2D eigenvalue weighted by molar-refractivity contribution is -0.124. The van der Waals surface area contributed by atoms with Crippen LogP contribution in [0, 0.1) is 5.92 Å². The van der Waals surface area contributed by atoms with Crippen molar-refractivity contribution in [2.75, 3.05) is 20.1 Å². The summed E-state index contributed by atoms with van der Waals surface area (Å²) in [6.07, 6.45) is 2.16. The van der Waals surface area contributed by atoms with Gasteiger partial charge in [-0.05, 0) is 19.4 Å². The van der Waals surface area contributed by atoms with Crippen molar-refractivity contribution in [3.05, 3.63) is 0 Å². The Morgan fingerprint density at radius 3 is 2.82 bits per heavy atom. The summed E-state index contributed by atoms with van der Waals surface area (Å²) in [6.45, 7) is 1.91. The summed E-state index contributed by atoms with van der Waals surface area (Å²) in [5.41, 5.74) is 0. The molecule has 1 saturated heterocycles. The van der Waals surface area contributed by atoms with Crippen LogP contribution in [0.1, 0.15) is 20.3 Å². The quantitative estimate of drug-likeness (QED) is 0.579. The molecule has 1 unspecified atom stereocenters. The van der Waals surface area contributed by atoms with Crippen LogP contribution >= 0.6 is 0 Å². The number of nitrogens with one attached hydrogen (secondary N) is 2. The molecule has 0 aromatic heterocycles. The van der Waals surface area contributed by atoms with E-state index >= 15 is 0 Å². The molecule has 3 heteroatoms. The van der Waals surface area contributed by atoms with E-state index in [1.54, 1.807) is 7.05 Å². The standard InChI is InChI=1S/C7H14N2O.CH4/c1-8-7(10)6-3-2-4-9-5-6;/h6,9H,2-5H2,1H3,(H,8,10);1H4. The number of hydrogen-bond donors (Lipinski definition) is 2. The average molecular weight is 158 g/mol. The van der Waals surface area contributed by atoms with Crippen molar-refractivity contribution in [1.82, 2.24) is 10.6 Å². The van der Waals surface area contributed by atoms with Crippen LogP contribution in [0.15, 0.2) is 0 Å². The minimum absolute atomic E-state index is 0. The van der Waals surface area contributed by atoms with Crippen molar-refractivity contribution >= 4 is 5.91 Å². The largest absolute Gasteiger partial charge is 0.359 e. The fourth-order valence-electron chi connectivity index (χ4n) is 1.28. The summed E-state index contributed by atoms with van der Waals surface area (Å²) in [5.74, 6) is 0.381. The number of amides is 1. The Kier molecular flexibility index (Phi) is 4.86. The zero-order valence-corrected chi connectivity index (χ0v) is 6.31. The van der Waals surface area contributed by atoms with Gasteiger partial charge in [0.15, 0.2) is 0 Å². The van der Waals surface area contributed by atoms with E-state index in [0.717, 1.165) is 25.9 Å². The van der Waals surface area contributed by atoms with Gasteiger partial charge in [-0.3, -0.25) is 4.79 Å². The third-order valence-corrected chi connectivity index (χ3v) is 1.91. The van der Waals surface area contributed by atoms with Crippen LogP contribution in [0.25, 0.3) is 0 Å². The number of piperidine rings is 1. The van der Waals surface area contributed by atoms with Crippen LogP contribution in [0.4, 0.5) is 0 Å². The predicted molar refractivity (Wildman–Crippen MR) is 46.4 cm³/mol. The first kappa shape index (κ1) is 10.4. The topological polar surface area (TPSA) is 41.1 Å². The highest BCUT2D eigenvalue weighted by molar-refractivity contribution is 5.78. The van der Waals surface area contributed by atoms with Crippen LogP contribution < -0.4 is 10.6 Å². The Morgan fingerprint density at radius 1 is 1.64 bits per heavy atom. The van der Waals surface area contributed by atoms with Gasteiger partial charge in [0, 0.05) is 13.6 Å². The van der Waals surface area contributed by atoms with Crippen LogP contribution in [0.3, 0.4) is 0 Å². The van der Waals surface area contributed by atoms with Crippen LogP contribution in [0.2, 0.25) is 0 Å². The van der Waals surface area contributed by atoms with E-state index in [2.05, 4.69) is 10.6 Å². The first-order valence-electron chi connectivity index (χ1n) is 3.77. The molecule has 1 aliphatic heterocycles. The van der Waals surface area contributed by atoms with E-state index in [-0.39, 0.29) is 19.3 Å². The molecule has 0 radical (unpaired) electrons. The maximum absolute atomic E-state index is 11.0. The zero-order valence-electron chi connectivity index (χ0n) is 6.31. The van der Waals surface area contributed by atoms with E-state index in [9.17, 15) is 4.79 Å². The lowest BCUT2D eigenvalue weighted by Gasteiger charge is -2.20. The van der Waals surface area contributed by atoms with Gasteiger partial charge >= 0.3 is 0 Å². The monoisotopic (exact) mass is 158 g/mol. The van der Waals surface area contributed by atoms with Gasteiger partial charge in [0.05, 0.1) is 5.92 Å². The van der Waals surface area contributed by atoms with Crippen molar-refractivity contribution in [1.29, 1.82) is 0 Å². The van der Waals surface area contributed by atoms with Crippen molar-refractivity contribution in [3.8, 4) is 0 Å². The van der Waals surface area contributed by atoms with Gasteiger partial charge in [-0.1, -0.05) is 7.43 Å². The molecule has 1 amide bonds. The highest BCUT2D eigenvalue weighted by Gasteiger charge is 2.18. The molecule has 11 heavy (non-hydrogen) atoms. The molecule has 0 spiro atoms. The molecule has 1 aliphatic rings. The fraction of sp³-hybridized carbons (Fsp3) is 0.875. The molecule has 66 valence electrons. The predicted octanol–water partition coefficient (Wildman–Crippen LogP) is 0.368. The molecule has 1 rings (SSSR count). The Balaban J connectivity index is 0.000001000. The summed E-state index contributed by atoms with van der Waals surface area (Å²) in [4.78, 5) is 11.0. The number of rotatable bonds is 1. The molecule has 0 aliphatic carbocycles. The van der Waals surface area contributed by atoms with E-state index in [1.165, 1.54) is 0 Å². The number of carbonyl (C=O) groups excluding carboxylic acids is 1. The van der Waals surface area contributed by atoms with Gasteiger partial charge in [0.25, 0.3) is 0 Å². The molecule has 2 N–H and O–H groups in total. The van der Waals surface area contributed by atoms with E-state index in [1.807, 2.05) is 0 Å². The molecular formula is C8H18N2O. The summed E-state index contributed by atoms with van der Waals surface area (Å²) >= 11 is 0. The lowest BCUT2D eigenvalue weighted by Crippen LogP contribution is -2.39. The third kappa shape index (κ3) is 2.89. The Bertz CT molecular complexity index is 119. The minimum atomic E-state index is 0. The van der Waals surface area contributed by atoms with Gasteiger partial charge < -0.3 is 10.6 Å². The Labute approximate surface area is 68.6 Å². The van der Waals surface area contributed by atoms with E-state index < -0.39 is 0 Å². The highest BCUT2D eigenvalue weighted by atomic mass is 16.1. The SMILES string of the molecule is C.CNC(=O)C1CCCNC1. The lowest BCUT2D eigenvalue weighted by atomic mass is 9.99. The second-order valence-corrected chi connectivity index (χ2v) is 2.66. The first-order chi connectivity index (χ1) is 4.84. The molecule has 0 bridgehead atoms. The molecular weight excluding hydrogens is 140 g/mol. The maximum atomic E-state index is 11.0. The maximum Gasteiger partial charge on any atom is 0.224 e. The Morgan fingerprint density at radius 2 is 2.36 bits per heavy atom. The third-order valence-electron chi connectivity index (χ3n) is 1.91. The second kappa shape index (κ2) is 5.13. The van der Waals surface area contributed by atoms with Crippen molar-refractivity contribution in [3.63, 3.8) is 0 Å². The summed E-state index contributed by atoms with van der Waals surface area (Å²) in [7, 11) is 1.69. The molecule has 1 fully saturated rings.